The van der Waals surface area contributed by atoms with Crippen LogP contribution in [0.2, 0.25) is 0 Å². The number of ketones is 1. The van der Waals surface area contributed by atoms with Crippen LogP contribution in [0.1, 0.15) is 81.1 Å². The normalized spacial score (nSPS) is 14.5. The van der Waals surface area contributed by atoms with Crippen molar-refractivity contribution < 1.29 is 14.4 Å². The lowest BCUT2D eigenvalue weighted by Gasteiger charge is -2.36. The van der Waals surface area contributed by atoms with Crippen LogP contribution >= 0.6 is 0 Å². The first-order chi connectivity index (χ1) is 12.8. The van der Waals surface area contributed by atoms with Gasteiger partial charge in [-0.2, -0.15) is 0 Å². The Labute approximate surface area is 171 Å². The standard InChI is InChI=1S/C21H42N4O3/c1-9-21(8,10-2)25-16(14(3)4)18(27)24-15(17(26)20(5,6)7)12-11-13-23-19(22)28/h14-16,25H,9-13H2,1-8H3,(H,24,27)(H3,22,23,28). The van der Waals surface area contributed by atoms with Crippen LogP contribution < -0.4 is 21.7 Å². The van der Waals surface area contributed by atoms with E-state index >= 15 is 0 Å². The van der Waals surface area contributed by atoms with Crippen LogP contribution in [0.25, 0.3) is 0 Å². The van der Waals surface area contributed by atoms with Gasteiger partial charge in [-0.15, -0.1) is 0 Å². The summed E-state index contributed by atoms with van der Waals surface area (Å²) in [6.45, 7) is 16.2. The number of nitrogens with two attached hydrogens (primary N) is 1. The van der Waals surface area contributed by atoms with Crippen molar-refractivity contribution in [2.75, 3.05) is 6.54 Å². The van der Waals surface area contributed by atoms with Crippen LogP contribution in [0.15, 0.2) is 0 Å². The van der Waals surface area contributed by atoms with Gasteiger partial charge in [0.15, 0.2) is 5.78 Å². The molecule has 0 radical (unpaired) electrons. The Hall–Kier alpha value is -1.63. The highest BCUT2D eigenvalue weighted by atomic mass is 16.2. The smallest absolute Gasteiger partial charge is 0.312 e. The first-order valence-electron chi connectivity index (χ1n) is 10.4. The summed E-state index contributed by atoms with van der Waals surface area (Å²) >= 11 is 0. The predicted molar refractivity (Wildman–Crippen MR) is 114 cm³/mol. The van der Waals surface area contributed by atoms with E-state index in [0.29, 0.717) is 19.4 Å². The van der Waals surface area contributed by atoms with Gasteiger partial charge in [0.2, 0.25) is 5.91 Å². The largest absolute Gasteiger partial charge is 0.352 e. The van der Waals surface area contributed by atoms with E-state index in [2.05, 4.69) is 36.7 Å². The molecule has 5 N–H and O–H groups in total. The van der Waals surface area contributed by atoms with Crippen LogP contribution in [0, 0.1) is 11.3 Å². The highest BCUT2D eigenvalue weighted by Crippen LogP contribution is 2.21. The summed E-state index contributed by atoms with van der Waals surface area (Å²) < 4.78 is 0. The molecule has 0 aromatic carbocycles. The van der Waals surface area contributed by atoms with Crippen LogP contribution in [-0.4, -0.2) is 41.9 Å². The molecule has 0 saturated carbocycles. The Balaban J connectivity index is 5.30. The quantitative estimate of drug-likeness (QED) is 0.379. The number of primary amides is 1. The second-order valence-electron chi connectivity index (χ2n) is 9.24. The number of hydrogen-bond acceptors (Lipinski definition) is 4. The summed E-state index contributed by atoms with van der Waals surface area (Å²) in [4.78, 5) is 36.8. The molecule has 0 spiro atoms. The number of hydrogen-bond donors (Lipinski definition) is 4. The van der Waals surface area contributed by atoms with Crippen LogP contribution in [-0.2, 0) is 9.59 Å². The van der Waals surface area contributed by atoms with Crippen LogP contribution in [0.4, 0.5) is 4.79 Å². The summed E-state index contributed by atoms with van der Waals surface area (Å²) in [6.07, 6.45) is 2.81. The molecular weight excluding hydrogens is 356 g/mol. The number of Topliss-reactive ketones (excluding diaryl/α,β-unsaturated/α-hetero) is 1. The molecule has 0 aliphatic rings. The second-order valence-corrected chi connectivity index (χ2v) is 9.24. The molecule has 7 nitrogen and oxygen atoms in total. The summed E-state index contributed by atoms with van der Waals surface area (Å²) in [7, 11) is 0. The van der Waals surface area contributed by atoms with Gasteiger partial charge < -0.3 is 21.7 Å². The lowest BCUT2D eigenvalue weighted by molar-refractivity contribution is -0.134. The molecule has 0 aromatic heterocycles. The SMILES string of the molecule is CCC(C)(CC)NC(C(=O)NC(CCCNC(N)=O)C(=O)C(C)(C)C)C(C)C. The van der Waals surface area contributed by atoms with Gasteiger partial charge in [-0.05, 0) is 38.5 Å². The van der Waals surface area contributed by atoms with E-state index in [9.17, 15) is 14.4 Å². The van der Waals surface area contributed by atoms with Crippen LogP contribution in [0.5, 0.6) is 0 Å². The molecule has 0 aliphatic carbocycles. The lowest BCUT2D eigenvalue weighted by atomic mass is 9.84. The molecule has 2 unspecified atom stereocenters. The van der Waals surface area contributed by atoms with Crippen molar-refractivity contribution in [3.05, 3.63) is 0 Å². The fourth-order valence-electron chi connectivity index (χ4n) is 2.94. The number of nitrogens with one attached hydrogen (secondary N) is 3. The molecule has 164 valence electrons. The maximum Gasteiger partial charge on any atom is 0.312 e. The lowest BCUT2D eigenvalue weighted by Crippen LogP contribution is -2.58. The van der Waals surface area contributed by atoms with E-state index in [1.165, 1.54) is 0 Å². The zero-order valence-corrected chi connectivity index (χ0v) is 19.1. The average molecular weight is 399 g/mol. The Morgan fingerprint density at radius 2 is 1.54 bits per heavy atom. The van der Waals surface area contributed by atoms with E-state index in [1.54, 1.807) is 0 Å². The minimum absolute atomic E-state index is 0.0174. The molecule has 7 heteroatoms. The minimum Gasteiger partial charge on any atom is -0.352 e. The summed E-state index contributed by atoms with van der Waals surface area (Å²) in [5, 5.41) is 8.99. The third-order valence-corrected chi connectivity index (χ3v) is 5.35. The molecular formula is C21H42N4O3. The van der Waals surface area contributed by atoms with Crippen molar-refractivity contribution in [2.24, 2.45) is 17.1 Å². The van der Waals surface area contributed by atoms with E-state index in [1.807, 2.05) is 34.6 Å². The zero-order chi connectivity index (χ0) is 22.1. The zero-order valence-electron chi connectivity index (χ0n) is 19.1. The Kier molecular flexibility index (Phi) is 10.7. The van der Waals surface area contributed by atoms with Crippen molar-refractivity contribution in [1.82, 2.24) is 16.0 Å². The topological polar surface area (TPSA) is 113 Å². The number of amides is 3. The highest BCUT2D eigenvalue weighted by molar-refractivity contribution is 5.93. The molecule has 0 saturated heterocycles. The first-order valence-corrected chi connectivity index (χ1v) is 10.4. The maximum atomic E-state index is 13.1. The van der Waals surface area contributed by atoms with Crippen molar-refractivity contribution in [3.8, 4) is 0 Å². The number of rotatable bonds is 12. The Morgan fingerprint density at radius 1 is 1.00 bits per heavy atom. The molecule has 2 atom stereocenters. The summed E-state index contributed by atoms with van der Waals surface area (Å²) in [5.41, 5.74) is 4.37. The Morgan fingerprint density at radius 3 is 1.93 bits per heavy atom. The molecule has 3 amide bonds. The van der Waals surface area contributed by atoms with E-state index in [-0.39, 0.29) is 29.2 Å². The van der Waals surface area contributed by atoms with Gasteiger partial charge in [0.25, 0.3) is 0 Å². The first kappa shape index (κ1) is 26.4. The van der Waals surface area contributed by atoms with Crippen molar-refractivity contribution in [3.63, 3.8) is 0 Å². The highest BCUT2D eigenvalue weighted by Gasteiger charge is 2.35. The third kappa shape index (κ3) is 9.04. The van der Waals surface area contributed by atoms with Crippen LogP contribution in [0.3, 0.4) is 0 Å². The van der Waals surface area contributed by atoms with Gasteiger partial charge in [-0.25, -0.2) is 4.79 Å². The number of urea groups is 1. The van der Waals surface area contributed by atoms with Gasteiger partial charge in [-0.1, -0.05) is 48.5 Å². The fraction of sp³-hybridized carbons (Fsp3) is 0.857. The fourth-order valence-corrected chi connectivity index (χ4v) is 2.94. The van der Waals surface area contributed by atoms with Crippen molar-refractivity contribution in [2.45, 2.75) is 98.7 Å². The van der Waals surface area contributed by atoms with Gasteiger partial charge in [0.1, 0.15) is 0 Å². The second kappa shape index (κ2) is 11.4. The minimum atomic E-state index is -0.597. The Bertz CT molecular complexity index is 522. The molecule has 28 heavy (non-hydrogen) atoms. The maximum absolute atomic E-state index is 13.1. The van der Waals surface area contributed by atoms with Gasteiger partial charge >= 0.3 is 6.03 Å². The monoisotopic (exact) mass is 398 g/mol. The molecule has 0 aromatic rings. The summed E-state index contributed by atoms with van der Waals surface area (Å²) in [6, 6.07) is -1.58. The molecule has 0 rings (SSSR count). The number of carbonyl (C=O) groups excluding carboxylic acids is 3. The van der Waals surface area contributed by atoms with E-state index in [4.69, 9.17) is 5.73 Å². The van der Waals surface area contributed by atoms with E-state index < -0.39 is 17.5 Å². The van der Waals surface area contributed by atoms with Gasteiger partial charge in [0, 0.05) is 17.5 Å². The summed E-state index contributed by atoms with van der Waals surface area (Å²) in [5.74, 6) is -0.0934. The molecule has 0 aliphatic heterocycles. The number of carbonyl (C=O) groups is 3. The van der Waals surface area contributed by atoms with E-state index in [0.717, 1.165) is 12.8 Å². The van der Waals surface area contributed by atoms with Gasteiger partial charge in [-0.3, -0.25) is 9.59 Å². The molecule has 0 fully saturated rings. The molecule has 0 bridgehead atoms. The molecule has 0 heterocycles. The predicted octanol–water partition coefficient (Wildman–Crippen LogP) is 2.73. The average Bonchev–Trinajstić information content (AvgIpc) is 2.59. The van der Waals surface area contributed by atoms with Crippen molar-refractivity contribution in [1.29, 1.82) is 0 Å². The van der Waals surface area contributed by atoms with Gasteiger partial charge in [0.05, 0.1) is 12.1 Å². The van der Waals surface area contributed by atoms with Crippen molar-refractivity contribution >= 4 is 17.7 Å². The third-order valence-electron chi connectivity index (χ3n) is 5.35.